The normalized spacial score (nSPS) is 29.6. The molecule has 0 saturated carbocycles. The summed E-state index contributed by atoms with van der Waals surface area (Å²) in [6.07, 6.45) is 0.937. The predicted molar refractivity (Wildman–Crippen MR) is 146 cm³/mol. The number of fused-ring (bicyclic) bond motifs is 2. The third-order valence-electron chi connectivity index (χ3n) is 7.76. The molecule has 1 spiro atoms. The van der Waals surface area contributed by atoms with E-state index in [4.69, 9.17) is 0 Å². The van der Waals surface area contributed by atoms with Gasteiger partial charge in [0.15, 0.2) is 0 Å². The van der Waals surface area contributed by atoms with Gasteiger partial charge >= 0.3 is 0 Å². The fourth-order valence-corrected chi connectivity index (χ4v) is 9.86. The zero-order valence-electron chi connectivity index (χ0n) is 20.4. The number of hydrogen-bond donors (Lipinski definition) is 3. The third-order valence-corrected chi connectivity index (χ3v) is 11.0. The van der Waals surface area contributed by atoms with Gasteiger partial charge in [-0.25, -0.2) is 4.68 Å². The minimum Gasteiger partial charge on any atom is -0.396 e. The predicted octanol–water partition coefficient (Wildman–Crippen LogP) is 1.99. The summed E-state index contributed by atoms with van der Waals surface area (Å²) in [7, 11) is 0. The first-order valence-electron chi connectivity index (χ1n) is 12.6. The number of para-hydroxylation sites is 2. The number of alkyl halides is 1. The summed E-state index contributed by atoms with van der Waals surface area (Å²) < 4.78 is 0.860. The third kappa shape index (κ3) is 4.00. The van der Waals surface area contributed by atoms with Gasteiger partial charge in [-0.2, -0.15) is 0 Å². The van der Waals surface area contributed by atoms with E-state index < -0.39 is 22.6 Å². The molecule has 3 aliphatic rings. The quantitative estimate of drug-likeness (QED) is 0.338. The molecule has 38 heavy (non-hydrogen) atoms. The van der Waals surface area contributed by atoms with Crippen molar-refractivity contribution in [3.8, 4) is 0 Å². The SMILES string of the molecule is O=C(NCn1nnc2ccccc21)C1N(CCCO)C(=O)[C@@H]2[C@H](C(=O)Nc3ccccc3)[C@H]3SC12CC3Br. The van der Waals surface area contributed by atoms with Crippen molar-refractivity contribution in [1.82, 2.24) is 25.2 Å². The monoisotopic (exact) mass is 598 g/mol. The molecule has 1 aromatic heterocycles. The average molecular weight is 600 g/mol. The second kappa shape index (κ2) is 9.97. The lowest BCUT2D eigenvalue weighted by molar-refractivity contribution is -0.139. The minimum atomic E-state index is -0.772. The van der Waals surface area contributed by atoms with Gasteiger partial charge in [0.25, 0.3) is 0 Å². The Morgan fingerprint density at radius 1 is 1.13 bits per heavy atom. The van der Waals surface area contributed by atoms with Gasteiger partial charge in [0.2, 0.25) is 17.7 Å². The lowest BCUT2D eigenvalue weighted by Crippen LogP contribution is -2.54. The van der Waals surface area contributed by atoms with Gasteiger partial charge in [-0.1, -0.05) is 51.5 Å². The molecule has 12 heteroatoms. The van der Waals surface area contributed by atoms with E-state index in [1.54, 1.807) is 21.3 Å². The number of aromatic nitrogens is 3. The van der Waals surface area contributed by atoms with Crippen molar-refractivity contribution in [2.45, 2.75) is 40.4 Å². The van der Waals surface area contributed by atoms with Crippen LogP contribution in [0.4, 0.5) is 5.69 Å². The highest BCUT2D eigenvalue weighted by molar-refractivity contribution is 9.09. The number of carbonyl (C=O) groups is 3. The number of halogens is 1. The Morgan fingerprint density at radius 3 is 2.68 bits per heavy atom. The number of rotatable bonds is 8. The summed E-state index contributed by atoms with van der Waals surface area (Å²) in [6, 6.07) is 15.9. The molecule has 6 rings (SSSR count). The van der Waals surface area contributed by atoms with Gasteiger partial charge in [-0.3, -0.25) is 14.4 Å². The van der Waals surface area contributed by atoms with Gasteiger partial charge < -0.3 is 20.6 Å². The van der Waals surface area contributed by atoms with Crippen molar-refractivity contribution < 1.29 is 19.5 Å². The molecular formula is C26H27BrN6O4S. The summed E-state index contributed by atoms with van der Waals surface area (Å²) in [5.74, 6) is -1.92. The molecule has 198 valence electrons. The van der Waals surface area contributed by atoms with Crippen molar-refractivity contribution in [1.29, 1.82) is 0 Å². The van der Waals surface area contributed by atoms with Crippen LogP contribution in [-0.4, -0.2) is 76.7 Å². The van der Waals surface area contributed by atoms with Gasteiger partial charge in [0.05, 0.1) is 22.1 Å². The van der Waals surface area contributed by atoms with Crippen LogP contribution in [0.25, 0.3) is 11.0 Å². The van der Waals surface area contributed by atoms with Crippen LogP contribution in [0.1, 0.15) is 12.8 Å². The van der Waals surface area contributed by atoms with Crippen LogP contribution in [0.15, 0.2) is 54.6 Å². The molecule has 3 N–H and O–H groups in total. The van der Waals surface area contributed by atoms with Crippen molar-refractivity contribution in [2.24, 2.45) is 11.8 Å². The molecule has 3 amide bonds. The number of carbonyl (C=O) groups excluding carboxylic acids is 3. The highest BCUT2D eigenvalue weighted by atomic mass is 79.9. The maximum atomic E-state index is 13.9. The minimum absolute atomic E-state index is 0.0181. The number of aliphatic hydroxyl groups is 1. The van der Waals surface area contributed by atoms with E-state index in [1.165, 1.54) is 0 Å². The van der Waals surface area contributed by atoms with E-state index in [-0.39, 0.29) is 47.6 Å². The molecule has 3 aliphatic heterocycles. The number of thioether (sulfide) groups is 1. The van der Waals surface area contributed by atoms with Crippen molar-refractivity contribution >= 4 is 62.1 Å². The Bertz CT molecular complexity index is 1390. The van der Waals surface area contributed by atoms with Crippen molar-refractivity contribution in [3.63, 3.8) is 0 Å². The van der Waals surface area contributed by atoms with Crippen LogP contribution in [0.2, 0.25) is 0 Å². The van der Waals surface area contributed by atoms with Crippen LogP contribution in [0.5, 0.6) is 0 Å². The molecule has 3 unspecified atom stereocenters. The van der Waals surface area contributed by atoms with Gasteiger partial charge in [-0.05, 0) is 37.1 Å². The summed E-state index contributed by atoms with van der Waals surface area (Å²) in [5, 5.41) is 23.6. The number of amides is 3. The maximum Gasteiger partial charge on any atom is 0.245 e. The lowest BCUT2D eigenvalue weighted by atomic mass is 9.70. The standard InChI is InChI=1S/C26H27BrN6O4S/c27-16-13-26-20(19(21(16)38-26)23(35)29-15-7-2-1-3-8-15)25(37)32(11-6-12-34)22(26)24(36)28-14-33-18-10-5-4-9-17(18)30-31-33/h1-5,7-10,16,19-22,34H,6,11-14H2,(H,28,36)(H,29,35)/t16?,19-,20-,21-,22?,26?/m0/s1. The van der Waals surface area contributed by atoms with Crippen molar-refractivity contribution in [2.75, 3.05) is 18.5 Å². The summed E-state index contributed by atoms with van der Waals surface area (Å²) in [5.41, 5.74) is 2.18. The van der Waals surface area contributed by atoms with Gasteiger partial charge in [0.1, 0.15) is 18.2 Å². The topological polar surface area (TPSA) is 129 Å². The molecule has 4 heterocycles. The number of aliphatic hydroxyl groups excluding tert-OH is 1. The Kier molecular flexibility index (Phi) is 6.65. The first-order chi connectivity index (χ1) is 18.4. The molecule has 10 nitrogen and oxygen atoms in total. The summed E-state index contributed by atoms with van der Waals surface area (Å²) in [6.45, 7) is 0.237. The second-order valence-electron chi connectivity index (χ2n) is 9.90. The fraction of sp³-hybridized carbons (Fsp3) is 0.423. The number of likely N-dealkylation sites (tertiary alicyclic amines) is 1. The number of nitrogens with one attached hydrogen (secondary N) is 2. The molecular weight excluding hydrogens is 572 g/mol. The summed E-state index contributed by atoms with van der Waals surface area (Å²) in [4.78, 5) is 42.9. The zero-order valence-corrected chi connectivity index (χ0v) is 22.8. The molecule has 6 atom stereocenters. The van der Waals surface area contributed by atoms with E-state index in [0.29, 0.717) is 18.5 Å². The second-order valence-corrected chi connectivity index (χ2v) is 12.6. The number of benzene rings is 2. The van der Waals surface area contributed by atoms with E-state index in [9.17, 15) is 19.5 Å². The average Bonchev–Trinajstić information content (AvgIpc) is 3.64. The Labute approximate surface area is 231 Å². The first kappa shape index (κ1) is 25.3. The molecule has 0 aliphatic carbocycles. The highest BCUT2D eigenvalue weighted by Gasteiger charge is 2.75. The highest BCUT2D eigenvalue weighted by Crippen LogP contribution is 2.67. The first-order valence-corrected chi connectivity index (χ1v) is 14.4. The zero-order chi connectivity index (χ0) is 26.4. The number of hydrogen-bond acceptors (Lipinski definition) is 7. The van der Waals surface area contributed by atoms with Crippen LogP contribution in [0.3, 0.4) is 0 Å². The van der Waals surface area contributed by atoms with Gasteiger partial charge in [0, 0.05) is 28.9 Å². The molecule has 3 fully saturated rings. The number of anilines is 1. The Morgan fingerprint density at radius 2 is 1.89 bits per heavy atom. The molecule has 3 saturated heterocycles. The Balaban J connectivity index is 1.29. The molecule has 3 aromatic rings. The summed E-state index contributed by atoms with van der Waals surface area (Å²) >= 11 is 5.34. The van der Waals surface area contributed by atoms with E-state index in [1.807, 2.05) is 54.6 Å². The van der Waals surface area contributed by atoms with Crippen molar-refractivity contribution in [3.05, 3.63) is 54.6 Å². The van der Waals surface area contributed by atoms with Crippen LogP contribution < -0.4 is 10.6 Å². The van der Waals surface area contributed by atoms with Crippen LogP contribution >= 0.6 is 27.7 Å². The van der Waals surface area contributed by atoms with Crippen LogP contribution in [-0.2, 0) is 21.1 Å². The van der Waals surface area contributed by atoms with E-state index in [2.05, 4.69) is 36.9 Å². The lowest BCUT2D eigenvalue weighted by Gasteiger charge is -2.35. The van der Waals surface area contributed by atoms with E-state index in [0.717, 1.165) is 11.0 Å². The van der Waals surface area contributed by atoms with Gasteiger partial charge in [-0.15, -0.1) is 16.9 Å². The largest absolute Gasteiger partial charge is 0.396 e. The molecule has 2 bridgehead atoms. The number of nitrogens with zero attached hydrogens (tertiary/aromatic N) is 4. The fourth-order valence-electron chi connectivity index (χ4n) is 6.24. The Hall–Kier alpha value is -2.96. The molecule has 2 aromatic carbocycles. The maximum absolute atomic E-state index is 13.9. The van der Waals surface area contributed by atoms with E-state index >= 15 is 0 Å². The smallest absolute Gasteiger partial charge is 0.245 e. The molecule has 0 radical (unpaired) electrons. The van der Waals surface area contributed by atoms with Crippen LogP contribution in [0, 0.1) is 11.8 Å².